The molecular formula is C15H14BrFN2O2. The maximum absolute atomic E-state index is 13.2. The van der Waals surface area contributed by atoms with E-state index in [1.807, 2.05) is 0 Å². The zero-order valence-corrected chi connectivity index (χ0v) is 12.9. The van der Waals surface area contributed by atoms with Crippen LogP contribution in [-0.2, 0) is 4.79 Å². The van der Waals surface area contributed by atoms with Gasteiger partial charge in [0.05, 0.1) is 15.8 Å². The maximum Gasteiger partial charge on any atom is 0.265 e. The van der Waals surface area contributed by atoms with E-state index < -0.39 is 11.9 Å². The van der Waals surface area contributed by atoms with E-state index in [0.29, 0.717) is 15.8 Å². The Bertz CT molecular complexity index is 664. The number of carbonyl (C=O) groups excluding carboxylic acids is 1. The number of carbonyl (C=O) groups is 1. The Morgan fingerprint density at radius 3 is 2.76 bits per heavy atom. The summed E-state index contributed by atoms with van der Waals surface area (Å²) in [6.07, 6.45) is -0.803. The molecule has 2 aromatic carbocycles. The van der Waals surface area contributed by atoms with Crippen LogP contribution in [0.1, 0.15) is 6.92 Å². The summed E-state index contributed by atoms with van der Waals surface area (Å²) in [4.78, 5) is 12.1. The first-order valence-corrected chi connectivity index (χ1v) is 7.03. The van der Waals surface area contributed by atoms with E-state index in [9.17, 15) is 9.18 Å². The number of rotatable bonds is 4. The van der Waals surface area contributed by atoms with E-state index >= 15 is 0 Å². The normalized spacial score (nSPS) is 11.8. The van der Waals surface area contributed by atoms with Gasteiger partial charge in [-0.2, -0.15) is 0 Å². The zero-order valence-electron chi connectivity index (χ0n) is 11.3. The lowest BCUT2D eigenvalue weighted by molar-refractivity contribution is -0.122. The number of anilines is 2. The summed E-state index contributed by atoms with van der Waals surface area (Å²) in [5.41, 5.74) is 6.73. The Hall–Kier alpha value is -2.08. The van der Waals surface area contributed by atoms with E-state index in [0.717, 1.165) is 0 Å². The van der Waals surface area contributed by atoms with Gasteiger partial charge in [-0.3, -0.25) is 4.79 Å². The van der Waals surface area contributed by atoms with Gasteiger partial charge in [-0.05, 0) is 47.1 Å². The van der Waals surface area contributed by atoms with Gasteiger partial charge in [-0.15, -0.1) is 0 Å². The average molecular weight is 353 g/mol. The second-order valence-electron chi connectivity index (χ2n) is 4.41. The molecule has 1 atom stereocenters. The molecule has 0 aliphatic carbocycles. The number of nitrogen functional groups attached to an aromatic ring is 1. The van der Waals surface area contributed by atoms with Gasteiger partial charge in [-0.1, -0.05) is 12.1 Å². The van der Waals surface area contributed by atoms with Crippen molar-refractivity contribution in [3.63, 3.8) is 0 Å². The molecule has 0 spiro atoms. The van der Waals surface area contributed by atoms with Crippen molar-refractivity contribution in [2.24, 2.45) is 0 Å². The number of hydrogen-bond donors (Lipinski definition) is 2. The molecule has 4 nitrogen and oxygen atoms in total. The number of nitrogens with two attached hydrogens (primary N) is 1. The van der Waals surface area contributed by atoms with Crippen molar-refractivity contribution in [3.05, 3.63) is 52.8 Å². The standard InChI is InChI=1S/C15H14BrFN2O2/c1-9(21-14-8-10(17)6-7-11(14)16)15(20)19-13-5-3-2-4-12(13)18/h2-9H,18H2,1H3,(H,19,20). The predicted octanol–water partition coefficient (Wildman–Crippen LogP) is 3.58. The van der Waals surface area contributed by atoms with Crippen molar-refractivity contribution in [2.45, 2.75) is 13.0 Å². The largest absolute Gasteiger partial charge is 0.480 e. The molecule has 2 aromatic rings. The summed E-state index contributed by atoms with van der Waals surface area (Å²) in [5.74, 6) is -0.546. The number of halogens is 2. The molecule has 6 heteroatoms. The molecule has 0 bridgehead atoms. The minimum absolute atomic E-state index is 0.263. The molecule has 21 heavy (non-hydrogen) atoms. The van der Waals surface area contributed by atoms with Crippen LogP contribution in [0.4, 0.5) is 15.8 Å². The monoisotopic (exact) mass is 352 g/mol. The first-order chi connectivity index (χ1) is 9.97. The lowest BCUT2D eigenvalue weighted by atomic mass is 10.2. The van der Waals surface area contributed by atoms with Crippen LogP contribution >= 0.6 is 15.9 Å². The third kappa shape index (κ3) is 3.95. The molecule has 0 aromatic heterocycles. The molecule has 0 aliphatic rings. The van der Waals surface area contributed by atoms with Gasteiger partial charge >= 0.3 is 0 Å². The molecule has 0 saturated carbocycles. The van der Waals surface area contributed by atoms with E-state index in [4.69, 9.17) is 10.5 Å². The Morgan fingerprint density at radius 1 is 1.33 bits per heavy atom. The molecule has 3 N–H and O–H groups in total. The van der Waals surface area contributed by atoms with Crippen molar-refractivity contribution in [2.75, 3.05) is 11.1 Å². The average Bonchev–Trinajstić information content (AvgIpc) is 2.45. The molecule has 0 aliphatic heterocycles. The van der Waals surface area contributed by atoms with Crippen molar-refractivity contribution < 1.29 is 13.9 Å². The number of amides is 1. The van der Waals surface area contributed by atoms with Crippen LogP contribution in [0.25, 0.3) is 0 Å². The minimum atomic E-state index is -0.803. The molecule has 1 unspecified atom stereocenters. The third-order valence-electron chi connectivity index (χ3n) is 2.78. The highest BCUT2D eigenvalue weighted by atomic mass is 79.9. The first-order valence-electron chi connectivity index (χ1n) is 6.24. The van der Waals surface area contributed by atoms with E-state index in [1.165, 1.54) is 18.2 Å². The van der Waals surface area contributed by atoms with Gasteiger partial charge in [0.15, 0.2) is 6.10 Å². The molecule has 0 fully saturated rings. The summed E-state index contributed by atoms with van der Waals surface area (Å²) in [5, 5.41) is 2.67. The molecule has 110 valence electrons. The van der Waals surface area contributed by atoms with Crippen molar-refractivity contribution >= 4 is 33.2 Å². The third-order valence-corrected chi connectivity index (χ3v) is 3.44. The van der Waals surface area contributed by atoms with Crippen LogP contribution in [0.15, 0.2) is 46.9 Å². The second kappa shape index (κ2) is 6.58. The Labute approximate surface area is 130 Å². The first kappa shape index (κ1) is 15.3. The fraction of sp³-hybridized carbons (Fsp3) is 0.133. The predicted molar refractivity (Wildman–Crippen MR) is 83.7 cm³/mol. The van der Waals surface area contributed by atoms with Crippen molar-refractivity contribution in [1.82, 2.24) is 0 Å². The molecule has 0 saturated heterocycles. The Balaban J connectivity index is 2.06. The molecule has 1 amide bonds. The highest BCUT2D eigenvalue weighted by molar-refractivity contribution is 9.10. The summed E-state index contributed by atoms with van der Waals surface area (Å²) in [6, 6.07) is 10.9. The van der Waals surface area contributed by atoms with Gasteiger partial charge in [0.2, 0.25) is 0 Å². The number of hydrogen-bond acceptors (Lipinski definition) is 3. The Kier molecular flexibility index (Phi) is 4.80. The highest BCUT2D eigenvalue weighted by Crippen LogP contribution is 2.27. The molecular weight excluding hydrogens is 339 g/mol. The van der Waals surface area contributed by atoms with Gasteiger partial charge in [-0.25, -0.2) is 4.39 Å². The van der Waals surface area contributed by atoms with E-state index in [2.05, 4.69) is 21.2 Å². The van der Waals surface area contributed by atoms with Gasteiger partial charge < -0.3 is 15.8 Å². The van der Waals surface area contributed by atoms with Gasteiger partial charge in [0, 0.05) is 6.07 Å². The van der Waals surface area contributed by atoms with Crippen LogP contribution in [0.5, 0.6) is 5.75 Å². The lowest BCUT2D eigenvalue weighted by Crippen LogP contribution is -2.30. The van der Waals surface area contributed by atoms with Crippen LogP contribution < -0.4 is 15.8 Å². The van der Waals surface area contributed by atoms with Crippen molar-refractivity contribution in [1.29, 1.82) is 0 Å². The lowest BCUT2D eigenvalue weighted by Gasteiger charge is -2.16. The number of nitrogens with one attached hydrogen (secondary N) is 1. The fourth-order valence-electron chi connectivity index (χ4n) is 1.66. The van der Waals surface area contributed by atoms with E-state index in [-0.39, 0.29) is 11.7 Å². The Morgan fingerprint density at radius 2 is 2.05 bits per heavy atom. The van der Waals surface area contributed by atoms with Gasteiger partial charge in [0.25, 0.3) is 5.91 Å². The van der Waals surface area contributed by atoms with Crippen LogP contribution in [0.2, 0.25) is 0 Å². The van der Waals surface area contributed by atoms with Crippen molar-refractivity contribution in [3.8, 4) is 5.75 Å². The zero-order chi connectivity index (χ0) is 15.4. The minimum Gasteiger partial charge on any atom is -0.480 e. The SMILES string of the molecule is CC(Oc1cc(F)ccc1Br)C(=O)Nc1ccccc1N. The summed E-state index contributed by atoms with van der Waals surface area (Å²) < 4.78 is 19.2. The summed E-state index contributed by atoms with van der Waals surface area (Å²) >= 11 is 3.24. The second-order valence-corrected chi connectivity index (χ2v) is 5.27. The van der Waals surface area contributed by atoms with Crippen LogP contribution in [0, 0.1) is 5.82 Å². The van der Waals surface area contributed by atoms with E-state index in [1.54, 1.807) is 31.2 Å². The molecule has 2 rings (SSSR count). The smallest absolute Gasteiger partial charge is 0.265 e. The quantitative estimate of drug-likeness (QED) is 0.826. The van der Waals surface area contributed by atoms with Crippen LogP contribution in [-0.4, -0.2) is 12.0 Å². The molecule has 0 radical (unpaired) electrons. The van der Waals surface area contributed by atoms with Gasteiger partial charge in [0.1, 0.15) is 11.6 Å². The molecule has 0 heterocycles. The highest BCUT2D eigenvalue weighted by Gasteiger charge is 2.17. The number of ether oxygens (including phenoxy) is 1. The van der Waals surface area contributed by atoms with Crippen LogP contribution in [0.3, 0.4) is 0 Å². The summed E-state index contributed by atoms with van der Waals surface area (Å²) in [7, 11) is 0. The summed E-state index contributed by atoms with van der Waals surface area (Å²) in [6.45, 7) is 1.58. The number of para-hydroxylation sites is 2. The fourth-order valence-corrected chi connectivity index (χ4v) is 2.00. The number of benzene rings is 2. The maximum atomic E-state index is 13.2. The topological polar surface area (TPSA) is 64.3 Å².